The molecule has 0 saturated carbocycles. The number of aromatic nitrogens is 2. The molecule has 11 heteroatoms. The Morgan fingerprint density at radius 3 is 2.62 bits per heavy atom. The third-order valence-corrected chi connectivity index (χ3v) is 9.68. The van der Waals surface area contributed by atoms with Crippen LogP contribution in [0.4, 0.5) is 11.5 Å². The SMILES string of the molecule is C=CC(=O)N1CCN(c2nc(OCCCN3CCOCC3)nc3c2CCN(c2cc(Oc4ccccc4)cc4ccccc24)C3)CC1CC#N. The molecule has 258 valence electrons. The van der Waals surface area contributed by atoms with Gasteiger partial charge < -0.3 is 28.9 Å². The minimum Gasteiger partial charge on any atom is -0.463 e. The van der Waals surface area contributed by atoms with Crippen LogP contribution in [0, 0.1) is 11.3 Å². The Bertz CT molecular complexity index is 1860. The normalized spacial score (nSPS) is 18.0. The van der Waals surface area contributed by atoms with Gasteiger partial charge in [-0.05, 0) is 42.5 Å². The largest absolute Gasteiger partial charge is 0.463 e. The Morgan fingerprint density at radius 1 is 0.980 bits per heavy atom. The van der Waals surface area contributed by atoms with Gasteiger partial charge in [0.05, 0.1) is 50.6 Å². The summed E-state index contributed by atoms with van der Waals surface area (Å²) in [5.41, 5.74) is 3.09. The number of morpholine rings is 1. The van der Waals surface area contributed by atoms with Crippen molar-refractivity contribution in [2.75, 3.05) is 75.4 Å². The molecule has 3 aliphatic rings. The minimum atomic E-state index is -0.262. The summed E-state index contributed by atoms with van der Waals surface area (Å²) in [7, 11) is 0. The van der Waals surface area contributed by atoms with Gasteiger partial charge in [0.1, 0.15) is 17.3 Å². The van der Waals surface area contributed by atoms with Crippen LogP contribution in [-0.2, 0) is 22.5 Å². The van der Waals surface area contributed by atoms with Gasteiger partial charge in [0.2, 0.25) is 5.91 Å². The second-order valence-electron chi connectivity index (χ2n) is 12.9. The molecule has 3 aliphatic heterocycles. The predicted molar refractivity (Wildman–Crippen MR) is 193 cm³/mol. The van der Waals surface area contributed by atoms with E-state index < -0.39 is 0 Å². The average molecular weight is 674 g/mol. The van der Waals surface area contributed by atoms with Crippen molar-refractivity contribution in [3.05, 3.63) is 90.6 Å². The molecule has 11 nitrogen and oxygen atoms in total. The summed E-state index contributed by atoms with van der Waals surface area (Å²) in [5.74, 6) is 2.24. The molecule has 1 aromatic heterocycles. The Balaban J connectivity index is 1.18. The zero-order valence-electron chi connectivity index (χ0n) is 28.4. The first-order valence-electron chi connectivity index (χ1n) is 17.5. The average Bonchev–Trinajstić information content (AvgIpc) is 3.16. The summed E-state index contributed by atoms with van der Waals surface area (Å²) in [6, 6.07) is 24.8. The number of nitriles is 1. The fraction of sp³-hybridized carbons (Fsp3) is 0.385. The molecule has 1 amide bonds. The zero-order chi connectivity index (χ0) is 34.3. The minimum absolute atomic E-state index is 0.153. The first kappa shape index (κ1) is 33.3. The van der Waals surface area contributed by atoms with Crippen LogP contribution in [0.3, 0.4) is 0 Å². The number of rotatable bonds is 11. The molecule has 1 unspecified atom stereocenters. The molecule has 0 radical (unpaired) electrons. The summed E-state index contributed by atoms with van der Waals surface area (Å²) in [4.78, 5) is 31.4. The fourth-order valence-electron chi connectivity index (χ4n) is 7.14. The molecule has 2 fully saturated rings. The summed E-state index contributed by atoms with van der Waals surface area (Å²) >= 11 is 0. The number of ether oxygens (including phenoxy) is 3. The molecule has 3 aromatic carbocycles. The lowest BCUT2D eigenvalue weighted by Gasteiger charge is -2.42. The number of fused-ring (bicyclic) bond motifs is 2. The monoisotopic (exact) mass is 673 g/mol. The quantitative estimate of drug-likeness (QED) is 0.156. The third-order valence-electron chi connectivity index (χ3n) is 9.68. The number of carbonyl (C=O) groups is 1. The van der Waals surface area contributed by atoms with Gasteiger partial charge in [-0.1, -0.05) is 49.0 Å². The molecule has 4 aromatic rings. The molecule has 1 atom stereocenters. The lowest BCUT2D eigenvalue weighted by atomic mass is 10.0. The number of anilines is 2. The molecule has 0 aliphatic carbocycles. The van der Waals surface area contributed by atoms with E-state index in [9.17, 15) is 10.1 Å². The van der Waals surface area contributed by atoms with Crippen molar-refractivity contribution >= 4 is 28.2 Å². The molecule has 0 spiro atoms. The predicted octanol–water partition coefficient (Wildman–Crippen LogP) is 5.20. The van der Waals surface area contributed by atoms with Crippen molar-refractivity contribution in [2.24, 2.45) is 0 Å². The molecule has 7 rings (SSSR count). The number of hydrogen-bond acceptors (Lipinski definition) is 10. The molecule has 4 heterocycles. The molecular formula is C39H43N7O4. The fourth-order valence-corrected chi connectivity index (χ4v) is 7.14. The molecular weight excluding hydrogens is 630 g/mol. The lowest BCUT2D eigenvalue weighted by Crippen LogP contribution is -2.55. The van der Waals surface area contributed by atoms with Gasteiger partial charge in [0.25, 0.3) is 0 Å². The second kappa shape index (κ2) is 15.6. The van der Waals surface area contributed by atoms with E-state index in [1.165, 1.54) is 6.08 Å². The van der Waals surface area contributed by atoms with Crippen LogP contribution in [0.5, 0.6) is 17.5 Å². The van der Waals surface area contributed by atoms with Crippen molar-refractivity contribution in [1.82, 2.24) is 19.8 Å². The number of hydrogen-bond donors (Lipinski definition) is 0. The maximum absolute atomic E-state index is 12.6. The number of para-hydroxylation sites is 1. The van der Waals surface area contributed by atoms with E-state index in [1.54, 1.807) is 4.90 Å². The summed E-state index contributed by atoms with van der Waals surface area (Å²) in [5, 5.41) is 11.9. The second-order valence-corrected chi connectivity index (χ2v) is 12.9. The molecule has 0 bridgehead atoms. The zero-order valence-corrected chi connectivity index (χ0v) is 28.4. The number of benzene rings is 3. The molecule has 50 heavy (non-hydrogen) atoms. The summed E-state index contributed by atoms with van der Waals surface area (Å²) in [6.45, 7) is 11.4. The maximum atomic E-state index is 12.6. The first-order valence-corrected chi connectivity index (χ1v) is 17.5. The van der Waals surface area contributed by atoms with Crippen molar-refractivity contribution in [2.45, 2.75) is 31.8 Å². The van der Waals surface area contributed by atoms with Gasteiger partial charge in [-0.3, -0.25) is 9.69 Å². The van der Waals surface area contributed by atoms with Crippen LogP contribution in [0.15, 0.2) is 79.4 Å². The van der Waals surface area contributed by atoms with Gasteiger partial charge >= 0.3 is 6.01 Å². The van der Waals surface area contributed by atoms with Crippen molar-refractivity contribution in [3.63, 3.8) is 0 Å². The molecule has 2 saturated heterocycles. The topological polar surface area (TPSA) is 107 Å². The van der Waals surface area contributed by atoms with Crippen molar-refractivity contribution in [3.8, 4) is 23.6 Å². The van der Waals surface area contributed by atoms with Gasteiger partial charge in [-0.25, -0.2) is 0 Å². The third kappa shape index (κ3) is 7.52. The van der Waals surface area contributed by atoms with E-state index in [4.69, 9.17) is 24.2 Å². The van der Waals surface area contributed by atoms with E-state index in [-0.39, 0.29) is 18.4 Å². The van der Waals surface area contributed by atoms with E-state index in [2.05, 4.69) is 57.7 Å². The lowest BCUT2D eigenvalue weighted by molar-refractivity contribution is -0.128. The van der Waals surface area contributed by atoms with Gasteiger partial charge in [-0.2, -0.15) is 15.2 Å². The van der Waals surface area contributed by atoms with Gasteiger partial charge in [0, 0.05) is 68.5 Å². The highest BCUT2D eigenvalue weighted by molar-refractivity contribution is 5.96. The van der Waals surface area contributed by atoms with Crippen LogP contribution in [0.2, 0.25) is 0 Å². The highest BCUT2D eigenvalue weighted by Crippen LogP contribution is 2.38. The highest BCUT2D eigenvalue weighted by atomic mass is 16.5. The standard InChI is InChI=1S/C39H43N7O4/c1-2-37(47)46-19-18-45(27-30(46)13-15-40)38-34-14-17-44(28-35(34)41-39(42-38)49-22-8-16-43-20-23-48-24-21-43)36-26-32(50-31-10-4-3-5-11-31)25-29-9-6-7-12-33(29)36/h2-7,9-12,25-26,30H,1,8,13-14,16-24,27-28H2. The Morgan fingerprint density at radius 2 is 1.80 bits per heavy atom. The van der Waals surface area contributed by atoms with E-state index >= 15 is 0 Å². The van der Waals surface area contributed by atoms with Gasteiger partial charge in [-0.15, -0.1) is 0 Å². The van der Waals surface area contributed by atoms with Gasteiger partial charge in [0.15, 0.2) is 0 Å². The van der Waals surface area contributed by atoms with Crippen LogP contribution in [-0.4, -0.2) is 97.4 Å². The number of carbonyl (C=O) groups excluding carboxylic acids is 1. The van der Waals surface area contributed by atoms with E-state index in [0.717, 1.165) is 97.3 Å². The van der Waals surface area contributed by atoms with Crippen LogP contribution < -0.4 is 19.3 Å². The summed E-state index contributed by atoms with van der Waals surface area (Å²) < 4.78 is 18.1. The van der Waals surface area contributed by atoms with Crippen LogP contribution in [0.1, 0.15) is 24.1 Å². The Kier molecular flexibility index (Phi) is 10.4. The highest BCUT2D eigenvalue weighted by Gasteiger charge is 2.33. The van der Waals surface area contributed by atoms with E-state index in [1.807, 2.05) is 36.4 Å². The Hall–Kier alpha value is -5.18. The van der Waals surface area contributed by atoms with E-state index in [0.29, 0.717) is 38.8 Å². The van der Waals surface area contributed by atoms with Crippen molar-refractivity contribution in [1.29, 1.82) is 5.26 Å². The maximum Gasteiger partial charge on any atom is 0.318 e. The first-order chi connectivity index (χ1) is 24.6. The number of piperazine rings is 1. The van der Waals surface area contributed by atoms with Crippen molar-refractivity contribution < 1.29 is 19.0 Å². The summed E-state index contributed by atoms with van der Waals surface area (Å²) in [6.07, 6.45) is 3.15. The molecule has 0 N–H and O–H groups in total. The smallest absolute Gasteiger partial charge is 0.318 e. The van der Waals surface area contributed by atoms with Crippen LogP contribution >= 0.6 is 0 Å². The number of nitrogens with zero attached hydrogens (tertiary/aromatic N) is 7. The number of amides is 1. The Labute approximate surface area is 293 Å². The van der Waals surface area contributed by atoms with Crippen LogP contribution in [0.25, 0.3) is 10.8 Å².